The first-order valence-corrected chi connectivity index (χ1v) is 7.56. The number of ketones is 1. The van der Waals surface area contributed by atoms with Crippen LogP contribution in [0.2, 0.25) is 0 Å². The first kappa shape index (κ1) is 14.9. The number of hydrogen-bond acceptors (Lipinski definition) is 1. The first-order chi connectivity index (χ1) is 8.97. The van der Waals surface area contributed by atoms with E-state index in [9.17, 15) is 18.0 Å². The molecular formula is C15H23F3O. The van der Waals surface area contributed by atoms with E-state index in [1.807, 2.05) is 0 Å². The minimum atomic E-state index is -4.07. The van der Waals surface area contributed by atoms with Gasteiger partial charge in [0.05, 0.1) is 5.92 Å². The molecule has 0 atom stereocenters. The van der Waals surface area contributed by atoms with Crippen molar-refractivity contribution < 1.29 is 18.0 Å². The molecule has 0 aromatic heterocycles. The van der Waals surface area contributed by atoms with E-state index in [4.69, 9.17) is 0 Å². The summed E-state index contributed by atoms with van der Waals surface area (Å²) < 4.78 is 37.6. The minimum absolute atomic E-state index is 0.0972. The predicted molar refractivity (Wildman–Crippen MR) is 67.7 cm³/mol. The van der Waals surface area contributed by atoms with Gasteiger partial charge in [0.25, 0.3) is 0 Å². The Balaban J connectivity index is 1.70. The molecule has 0 heterocycles. The fourth-order valence-corrected chi connectivity index (χ4v) is 3.59. The number of rotatable bonds is 4. The lowest BCUT2D eigenvalue weighted by Gasteiger charge is -2.29. The van der Waals surface area contributed by atoms with Gasteiger partial charge in [-0.15, -0.1) is 0 Å². The molecule has 0 bridgehead atoms. The van der Waals surface area contributed by atoms with Crippen molar-refractivity contribution in [1.29, 1.82) is 0 Å². The molecule has 0 N–H and O–H groups in total. The average Bonchev–Trinajstić information content (AvgIpc) is 2.88. The zero-order valence-corrected chi connectivity index (χ0v) is 11.3. The number of carbonyl (C=O) groups excluding carboxylic acids is 1. The van der Waals surface area contributed by atoms with Gasteiger partial charge in [-0.25, -0.2) is 0 Å². The topological polar surface area (TPSA) is 17.1 Å². The van der Waals surface area contributed by atoms with Crippen molar-refractivity contribution in [3.8, 4) is 0 Å². The SMILES string of the molecule is O=C(CCC1CCCC1)C1CCC(C(F)(F)F)CC1. The Kier molecular flexibility index (Phi) is 4.91. The molecule has 0 aromatic carbocycles. The molecule has 0 aliphatic heterocycles. The molecule has 2 saturated carbocycles. The van der Waals surface area contributed by atoms with Gasteiger partial charge >= 0.3 is 6.18 Å². The number of Topliss-reactive ketones (excluding diaryl/α,β-unsaturated/α-hetero) is 1. The number of halogens is 3. The Bertz CT molecular complexity index is 297. The largest absolute Gasteiger partial charge is 0.391 e. The van der Waals surface area contributed by atoms with E-state index in [2.05, 4.69) is 0 Å². The van der Waals surface area contributed by atoms with Gasteiger partial charge in [0.1, 0.15) is 5.78 Å². The molecule has 2 rings (SSSR count). The Morgan fingerprint density at radius 1 is 0.947 bits per heavy atom. The summed E-state index contributed by atoms with van der Waals surface area (Å²) in [5.74, 6) is -0.366. The van der Waals surface area contributed by atoms with Gasteiger partial charge in [-0.3, -0.25) is 4.79 Å². The lowest BCUT2D eigenvalue weighted by atomic mass is 9.78. The van der Waals surface area contributed by atoms with Crippen LogP contribution in [0.4, 0.5) is 13.2 Å². The average molecular weight is 276 g/mol. The third-order valence-electron chi connectivity index (χ3n) is 4.92. The van der Waals surface area contributed by atoms with E-state index in [0.29, 0.717) is 25.2 Å². The molecule has 0 amide bonds. The minimum Gasteiger partial charge on any atom is -0.299 e. The monoisotopic (exact) mass is 276 g/mol. The fraction of sp³-hybridized carbons (Fsp3) is 0.933. The molecule has 0 saturated heterocycles. The molecule has 2 aliphatic carbocycles. The maximum absolute atomic E-state index is 12.5. The maximum Gasteiger partial charge on any atom is 0.391 e. The van der Waals surface area contributed by atoms with Crippen LogP contribution in [0.15, 0.2) is 0 Å². The summed E-state index contributed by atoms with van der Waals surface area (Å²) in [4.78, 5) is 12.0. The van der Waals surface area contributed by atoms with Gasteiger partial charge in [0.2, 0.25) is 0 Å². The summed E-state index contributed by atoms with van der Waals surface area (Å²) in [5.41, 5.74) is 0. The Morgan fingerprint density at radius 2 is 1.53 bits per heavy atom. The van der Waals surface area contributed by atoms with Crippen LogP contribution < -0.4 is 0 Å². The van der Waals surface area contributed by atoms with Crippen LogP contribution in [0.25, 0.3) is 0 Å². The van der Waals surface area contributed by atoms with Gasteiger partial charge in [-0.05, 0) is 38.0 Å². The fourth-order valence-electron chi connectivity index (χ4n) is 3.59. The molecule has 19 heavy (non-hydrogen) atoms. The third-order valence-corrected chi connectivity index (χ3v) is 4.92. The molecule has 0 radical (unpaired) electrons. The molecule has 1 nitrogen and oxygen atoms in total. The van der Waals surface area contributed by atoms with Crippen molar-refractivity contribution in [3.05, 3.63) is 0 Å². The van der Waals surface area contributed by atoms with E-state index in [1.165, 1.54) is 25.7 Å². The second kappa shape index (κ2) is 6.27. The van der Waals surface area contributed by atoms with Gasteiger partial charge in [0.15, 0.2) is 0 Å². The molecule has 2 fully saturated rings. The highest BCUT2D eigenvalue weighted by Crippen LogP contribution is 2.40. The van der Waals surface area contributed by atoms with Crippen LogP contribution in [0, 0.1) is 17.8 Å². The van der Waals surface area contributed by atoms with E-state index in [1.54, 1.807) is 0 Å². The first-order valence-electron chi connectivity index (χ1n) is 7.56. The van der Waals surface area contributed by atoms with E-state index < -0.39 is 12.1 Å². The van der Waals surface area contributed by atoms with E-state index in [0.717, 1.165) is 6.42 Å². The highest BCUT2D eigenvalue weighted by atomic mass is 19.4. The third kappa shape index (κ3) is 4.22. The van der Waals surface area contributed by atoms with Crippen LogP contribution in [0.5, 0.6) is 0 Å². The number of hydrogen-bond donors (Lipinski definition) is 0. The van der Waals surface area contributed by atoms with Crippen LogP contribution in [-0.4, -0.2) is 12.0 Å². The highest BCUT2D eigenvalue weighted by molar-refractivity contribution is 5.81. The van der Waals surface area contributed by atoms with Crippen molar-refractivity contribution in [2.75, 3.05) is 0 Å². The zero-order valence-electron chi connectivity index (χ0n) is 11.3. The van der Waals surface area contributed by atoms with Crippen molar-refractivity contribution >= 4 is 5.78 Å². The highest BCUT2D eigenvalue weighted by Gasteiger charge is 2.42. The normalized spacial score (nSPS) is 29.6. The molecule has 0 unspecified atom stereocenters. The Labute approximate surface area is 112 Å². The van der Waals surface area contributed by atoms with Crippen molar-refractivity contribution in [3.63, 3.8) is 0 Å². The Morgan fingerprint density at radius 3 is 2.05 bits per heavy atom. The maximum atomic E-state index is 12.5. The summed E-state index contributed by atoms with van der Waals surface area (Å²) in [6, 6.07) is 0. The molecule has 4 heteroatoms. The van der Waals surface area contributed by atoms with Crippen LogP contribution in [-0.2, 0) is 4.79 Å². The molecule has 110 valence electrons. The molecule has 0 spiro atoms. The van der Waals surface area contributed by atoms with Gasteiger partial charge in [0, 0.05) is 12.3 Å². The van der Waals surface area contributed by atoms with Crippen molar-refractivity contribution in [2.24, 2.45) is 17.8 Å². The zero-order chi connectivity index (χ0) is 13.9. The second-order valence-corrected chi connectivity index (χ2v) is 6.25. The summed E-state index contributed by atoms with van der Waals surface area (Å²) in [7, 11) is 0. The van der Waals surface area contributed by atoms with Gasteiger partial charge in [-0.1, -0.05) is 25.7 Å². The summed E-state index contributed by atoms with van der Waals surface area (Å²) in [6.07, 6.45) is 3.64. The molecule has 2 aliphatic rings. The van der Waals surface area contributed by atoms with Gasteiger partial charge in [-0.2, -0.15) is 13.2 Å². The lowest BCUT2D eigenvalue weighted by Crippen LogP contribution is -2.30. The van der Waals surface area contributed by atoms with Crippen molar-refractivity contribution in [2.45, 2.75) is 70.4 Å². The lowest BCUT2D eigenvalue weighted by molar-refractivity contribution is -0.184. The second-order valence-electron chi connectivity index (χ2n) is 6.25. The van der Waals surface area contributed by atoms with Gasteiger partial charge < -0.3 is 0 Å². The van der Waals surface area contributed by atoms with E-state index >= 15 is 0 Å². The van der Waals surface area contributed by atoms with Crippen LogP contribution in [0.3, 0.4) is 0 Å². The molecular weight excluding hydrogens is 253 g/mol. The Hall–Kier alpha value is -0.540. The number of alkyl halides is 3. The smallest absolute Gasteiger partial charge is 0.299 e. The molecule has 0 aromatic rings. The van der Waals surface area contributed by atoms with Crippen molar-refractivity contribution in [1.82, 2.24) is 0 Å². The number of carbonyl (C=O) groups is 1. The quantitative estimate of drug-likeness (QED) is 0.714. The summed E-state index contributed by atoms with van der Waals surface area (Å²) >= 11 is 0. The summed E-state index contributed by atoms with van der Waals surface area (Å²) in [5, 5.41) is 0. The van der Waals surface area contributed by atoms with E-state index in [-0.39, 0.29) is 24.5 Å². The van der Waals surface area contributed by atoms with Crippen LogP contribution >= 0.6 is 0 Å². The standard InChI is InChI=1S/C15H23F3O/c16-15(17,18)13-8-6-12(7-9-13)14(19)10-5-11-3-1-2-4-11/h11-13H,1-10H2. The summed E-state index contributed by atoms with van der Waals surface area (Å²) in [6.45, 7) is 0. The van der Waals surface area contributed by atoms with Crippen LogP contribution in [0.1, 0.15) is 64.2 Å². The predicted octanol–water partition coefficient (Wildman–Crippen LogP) is 4.89.